The Kier molecular flexibility index (Phi) is 4.94. The second-order valence-corrected chi connectivity index (χ2v) is 5.22. The predicted molar refractivity (Wildman–Crippen MR) is 90.1 cm³/mol. The molecule has 1 amide bonds. The molecule has 0 saturated carbocycles. The third-order valence-electron chi connectivity index (χ3n) is 3.42. The molecule has 0 aliphatic heterocycles. The molecule has 7 heteroatoms. The molecule has 0 saturated heterocycles. The fourth-order valence-corrected chi connectivity index (χ4v) is 2.15. The molecule has 1 aromatic carbocycles. The second-order valence-electron chi connectivity index (χ2n) is 5.22. The van der Waals surface area contributed by atoms with Crippen molar-refractivity contribution in [1.82, 2.24) is 9.97 Å². The van der Waals surface area contributed by atoms with Crippen molar-refractivity contribution >= 4 is 17.3 Å². The second kappa shape index (κ2) is 7.48. The number of anilines is 2. The summed E-state index contributed by atoms with van der Waals surface area (Å²) in [4.78, 5) is 20.1. The van der Waals surface area contributed by atoms with Crippen molar-refractivity contribution in [3.63, 3.8) is 0 Å². The van der Waals surface area contributed by atoms with Crippen LogP contribution < -0.4 is 10.6 Å². The van der Waals surface area contributed by atoms with E-state index >= 15 is 0 Å². The first kappa shape index (κ1) is 16.5. The maximum Gasteiger partial charge on any atom is 0.274 e. The Balaban J connectivity index is 1.69. The monoisotopic (exact) mass is 340 g/mol. The van der Waals surface area contributed by atoms with Crippen LogP contribution in [0.2, 0.25) is 0 Å². The minimum Gasteiger partial charge on any atom is -0.381 e. The van der Waals surface area contributed by atoms with E-state index in [9.17, 15) is 13.6 Å². The lowest BCUT2D eigenvalue weighted by Gasteiger charge is -2.09. The molecule has 2 N–H and O–H groups in total. The van der Waals surface area contributed by atoms with Gasteiger partial charge in [0.15, 0.2) is 0 Å². The van der Waals surface area contributed by atoms with Crippen LogP contribution in [-0.2, 0) is 6.54 Å². The van der Waals surface area contributed by atoms with Gasteiger partial charge in [-0.25, -0.2) is 8.78 Å². The van der Waals surface area contributed by atoms with Crippen molar-refractivity contribution < 1.29 is 13.6 Å². The molecule has 3 aromatic rings. The third kappa shape index (κ3) is 4.35. The molecule has 0 spiro atoms. The third-order valence-corrected chi connectivity index (χ3v) is 3.42. The Bertz CT molecular complexity index is 887. The van der Waals surface area contributed by atoms with Crippen molar-refractivity contribution in [2.45, 2.75) is 6.54 Å². The number of carbonyl (C=O) groups excluding carboxylic acids is 1. The highest BCUT2D eigenvalue weighted by Crippen LogP contribution is 2.17. The van der Waals surface area contributed by atoms with Gasteiger partial charge in [-0.05, 0) is 42.0 Å². The van der Waals surface area contributed by atoms with Crippen LogP contribution in [0.15, 0.2) is 61.1 Å². The Morgan fingerprint density at radius 2 is 1.80 bits per heavy atom. The van der Waals surface area contributed by atoms with Crippen LogP contribution in [0.25, 0.3) is 0 Å². The largest absolute Gasteiger partial charge is 0.381 e. The zero-order valence-corrected chi connectivity index (χ0v) is 13.0. The van der Waals surface area contributed by atoms with Gasteiger partial charge in [0.1, 0.15) is 17.3 Å². The van der Waals surface area contributed by atoms with Gasteiger partial charge in [-0.2, -0.15) is 0 Å². The zero-order valence-electron chi connectivity index (χ0n) is 13.0. The molecule has 0 bridgehead atoms. The summed E-state index contributed by atoms with van der Waals surface area (Å²) >= 11 is 0. The average molecular weight is 340 g/mol. The average Bonchev–Trinajstić information content (AvgIpc) is 2.63. The molecule has 0 unspecified atom stereocenters. The van der Waals surface area contributed by atoms with Crippen LogP contribution >= 0.6 is 0 Å². The van der Waals surface area contributed by atoms with E-state index in [0.29, 0.717) is 18.3 Å². The van der Waals surface area contributed by atoms with Crippen LogP contribution in [0.1, 0.15) is 16.1 Å². The van der Waals surface area contributed by atoms with Crippen molar-refractivity contribution in [3.05, 3.63) is 83.9 Å². The van der Waals surface area contributed by atoms with Gasteiger partial charge in [-0.3, -0.25) is 14.8 Å². The Morgan fingerprint density at radius 3 is 2.56 bits per heavy atom. The molecule has 25 heavy (non-hydrogen) atoms. The van der Waals surface area contributed by atoms with Crippen molar-refractivity contribution in [2.75, 3.05) is 10.6 Å². The zero-order chi connectivity index (χ0) is 17.6. The Morgan fingerprint density at radius 1 is 1.00 bits per heavy atom. The van der Waals surface area contributed by atoms with Crippen molar-refractivity contribution in [3.8, 4) is 0 Å². The Hall–Kier alpha value is -3.35. The van der Waals surface area contributed by atoms with Crippen molar-refractivity contribution in [2.24, 2.45) is 0 Å². The molecule has 2 aromatic heterocycles. The number of pyridine rings is 2. The number of hydrogen-bond donors (Lipinski definition) is 2. The summed E-state index contributed by atoms with van der Waals surface area (Å²) in [5.74, 6) is -2.14. The number of benzene rings is 1. The molecular formula is C18H14F2N4O. The topological polar surface area (TPSA) is 66.9 Å². The minimum atomic E-state index is -0.847. The number of carbonyl (C=O) groups is 1. The van der Waals surface area contributed by atoms with E-state index in [0.717, 1.165) is 17.7 Å². The fourth-order valence-electron chi connectivity index (χ4n) is 2.15. The predicted octanol–water partition coefficient (Wildman–Crippen LogP) is 3.62. The van der Waals surface area contributed by atoms with Crippen LogP contribution in [0.5, 0.6) is 0 Å². The molecule has 3 rings (SSSR count). The highest BCUT2D eigenvalue weighted by molar-refractivity contribution is 6.03. The number of halogens is 2. The lowest BCUT2D eigenvalue weighted by Crippen LogP contribution is -2.15. The fraction of sp³-hybridized carbons (Fsp3) is 0.0556. The van der Waals surface area contributed by atoms with Gasteiger partial charge in [0.2, 0.25) is 0 Å². The molecular weight excluding hydrogens is 326 g/mol. The number of hydrogen-bond acceptors (Lipinski definition) is 4. The maximum absolute atomic E-state index is 13.6. The summed E-state index contributed by atoms with van der Waals surface area (Å²) in [6.45, 7) is 0.556. The van der Waals surface area contributed by atoms with E-state index in [4.69, 9.17) is 0 Å². The van der Waals surface area contributed by atoms with Gasteiger partial charge < -0.3 is 10.6 Å². The van der Waals surface area contributed by atoms with Gasteiger partial charge in [0.25, 0.3) is 5.91 Å². The van der Waals surface area contributed by atoms with Crippen LogP contribution in [-0.4, -0.2) is 15.9 Å². The number of amides is 1. The number of aromatic nitrogens is 2. The van der Waals surface area contributed by atoms with Gasteiger partial charge in [0.05, 0.1) is 5.69 Å². The van der Waals surface area contributed by atoms with E-state index in [1.54, 1.807) is 24.5 Å². The summed E-state index contributed by atoms with van der Waals surface area (Å²) in [5, 5.41) is 5.54. The van der Waals surface area contributed by atoms with Crippen LogP contribution in [0.3, 0.4) is 0 Å². The van der Waals surface area contributed by atoms with Gasteiger partial charge >= 0.3 is 0 Å². The van der Waals surface area contributed by atoms with Gasteiger partial charge in [0, 0.05) is 36.9 Å². The molecule has 0 atom stereocenters. The lowest BCUT2D eigenvalue weighted by atomic mass is 10.2. The number of nitrogens with one attached hydrogen (secondary N) is 2. The molecule has 0 aliphatic carbocycles. The highest BCUT2D eigenvalue weighted by Gasteiger charge is 2.12. The first-order chi connectivity index (χ1) is 12.1. The summed E-state index contributed by atoms with van der Waals surface area (Å²) in [5.41, 5.74) is 1.73. The first-order valence-corrected chi connectivity index (χ1v) is 7.47. The van der Waals surface area contributed by atoms with E-state index < -0.39 is 17.5 Å². The van der Waals surface area contributed by atoms with E-state index in [-0.39, 0.29) is 11.4 Å². The molecule has 0 fully saturated rings. The molecule has 2 heterocycles. The van der Waals surface area contributed by atoms with Crippen LogP contribution in [0.4, 0.5) is 20.2 Å². The van der Waals surface area contributed by atoms with Gasteiger partial charge in [-0.15, -0.1) is 0 Å². The summed E-state index contributed by atoms with van der Waals surface area (Å²) in [6, 6.07) is 9.95. The smallest absolute Gasteiger partial charge is 0.274 e. The normalized spacial score (nSPS) is 10.3. The van der Waals surface area contributed by atoms with Gasteiger partial charge in [-0.1, -0.05) is 0 Å². The Labute approximate surface area is 142 Å². The molecule has 126 valence electrons. The highest BCUT2D eigenvalue weighted by atomic mass is 19.1. The number of rotatable bonds is 5. The van der Waals surface area contributed by atoms with E-state index in [1.165, 1.54) is 6.20 Å². The summed E-state index contributed by atoms with van der Waals surface area (Å²) < 4.78 is 26.5. The summed E-state index contributed by atoms with van der Waals surface area (Å²) in [7, 11) is 0. The SMILES string of the molecule is O=C(Nc1ccc(F)cc1F)c1cc(NCc2ccncc2)ccn1. The summed E-state index contributed by atoms with van der Waals surface area (Å²) in [6.07, 6.45) is 4.87. The maximum atomic E-state index is 13.6. The first-order valence-electron chi connectivity index (χ1n) is 7.47. The molecule has 0 radical (unpaired) electrons. The minimum absolute atomic E-state index is 0.108. The quantitative estimate of drug-likeness (QED) is 0.744. The lowest BCUT2D eigenvalue weighted by molar-refractivity contribution is 0.102. The van der Waals surface area contributed by atoms with Crippen LogP contribution in [0, 0.1) is 11.6 Å². The van der Waals surface area contributed by atoms with Crippen molar-refractivity contribution in [1.29, 1.82) is 0 Å². The standard InChI is InChI=1S/C18H14F2N4O/c19-13-1-2-16(15(20)9-13)24-18(25)17-10-14(5-8-22-17)23-11-12-3-6-21-7-4-12/h1-10H,11H2,(H,22,23)(H,24,25). The van der Waals surface area contributed by atoms with E-state index in [1.807, 2.05) is 12.1 Å². The van der Waals surface area contributed by atoms with E-state index in [2.05, 4.69) is 20.6 Å². The molecule has 0 aliphatic rings. The number of nitrogens with zero attached hydrogens (tertiary/aromatic N) is 2. The molecule has 5 nitrogen and oxygen atoms in total.